The maximum Gasteiger partial charge on any atom is 0.174 e. The number of nitrogens with zero attached hydrogens (tertiary/aromatic N) is 2. The normalized spacial score (nSPS) is 18.1. The van der Waals surface area contributed by atoms with Crippen molar-refractivity contribution in [2.75, 3.05) is 4.90 Å². The number of rotatable bonds is 5. The van der Waals surface area contributed by atoms with E-state index in [9.17, 15) is 4.39 Å². The number of thiocarbonyl (C=S) groups is 1. The van der Waals surface area contributed by atoms with Crippen LogP contribution in [-0.4, -0.2) is 10.1 Å². The Kier molecular flexibility index (Phi) is 5.68. The molecule has 4 nitrogen and oxygen atoms in total. The summed E-state index contributed by atoms with van der Waals surface area (Å²) >= 11 is 7.18. The van der Waals surface area contributed by atoms with Crippen LogP contribution in [0.5, 0.6) is 0 Å². The molecular formula is C25H20FN3OS2. The standard InChI is InChI=1S/C25H20FN3OS2/c1-16-9-11-17(12-10-16)32-22-14-13-21(30-22)24-23(19-7-4-5-15-27-19)28-25(31)29(24)20-8-3-2-6-18(20)26/h2-15,23-24H,1H3,(H,28,31)/t23-,24+/m1/s1. The van der Waals surface area contributed by atoms with Crippen LogP contribution < -0.4 is 10.2 Å². The molecule has 2 atom stereocenters. The number of hydrogen-bond donors (Lipinski definition) is 1. The van der Waals surface area contributed by atoms with Gasteiger partial charge in [0.15, 0.2) is 10.2 Å². The van der Waals surface area contributed by atoms with Crippen LogP contribution in [0.2, 0.25) is 0 Å². The van der Waals surface area contributed by atoms with E-state index < -0.39 is 0 Å². The van der Waals surface area contributed by atoms with Gasteiger partial charge in [-0.15, -0.1) is 0 Å². The van der Waals surface area contributed by atoms with Crippen molar-refractivity contribution in [1.29, 1.82) is 0 Å². The molecule has 32 heavy (non-hydrogen) atoms. The Bertz CT molecular complexity index is 1240. The van der Waals surface area contributed by atoms with Gasteiger partial charge < -0.3 is 14.6 Å². The van der Waals surface area contributed by atoms with Crippen LogP contribution in [0.3, 0.4) is 0 Å². The molecule has 0 unspecified atom stereocenters. The van der Waals surface area contributed by atoms with Gasteiger partial charge in [0.1, 0.15) is 17.6 Å². The number of anilines is 1. The smallest absolute Gasteiger partial charge is 0.174 e. The molecule has 5 rings (SSSR count). The summed E-state index contributed by atoms with van der Waals surface area (Å²) in [6, 6.07) is 23.8. The van der Waals surface area contributed by atoms with Crippen molar-refractivity contribution in [3.05, 3.63) is 108 Å². The second-order valence-electron chi connectivity index (χ2n) is 7.52. The van der Waals surface area contributed by atoms with E-state index in [-0.39, 0.29) is 17.9 Å². The minimum atomic E-state index is -0.387. The minimum absolute atomic E-state index is 0.285. The first-order valence-electron chi connectivity index (χ1n) is 10.2. The van der Waals surface area contributed by atoms with Crippen LogP contribution in [0.15, 0.2) is 99.5 Å². The van der Waals surface area contributed by atoms with E-state index in [0.29, 0.717) is 16.6 Å². The maximum absolute atomic E-state index is 14.8. The number of hydrogen-bond acceptors (Lipinski definition) is 4. The average Bonchev–Trinajstić information content (AvgIpc) is 3.40. The van der Waals surface area contributed by atoms with Crippen molar-refractivity contribution < 1.29 is 8.81 Å². The van der Waals surface area contributed by atoms with E-state index in [0.717, 1.165) is 15.7 Å². The fraction of sp³-hybridized carbons (Fsp3) is 0.120. The van der Waals surface area contributed by atoms with Crippen molar-refractivity contribution in [3.63, 3.8) is 0 Å². The first kappa shape index (κ1) is 20.7. The van der Waals surface area contributed by atoms with E-state index in [2.05, 4.69) is 41.5 Å². The highest BCUT2D eigenvalue weighted by molar-refractivity contribution is 7.99. The Balaban J connectivity index is 1.54. The largest absolute Gasteiger partial charge is 0.452 e. The second kappa shape index (κ2) is 8.76. The van der Waals surface area contributed by atoms with Crippen molar-refractivity contribution in [2.45, 2.75) is 29.0 Å². The molecule has 0 bridgehead atoms. The molecule has 1 fully saturated rings. The third-order valence-corrected chi connectivity index (χ3v) is 6.59. The zero-order valence-corrected chi connectivity index (χ0v) is 18.9. The molecule has 2 aromatic heterocycles. The van der Waals surface area contributed by atoms with Crippen LogP contribution in [0.4, 0.5) is 10.1 Å². The summed E-state index contributed by atoms with van der Waals surface area (Å²) in [5.74, 6) is 0.343. The summed E-state index contributed by atoms with van der Waals surface area (Å²) in [6.07, 6.45) is 1.74. The van der Waals surface area contributed by atoms with Gasteiger partial charge >= 0.3 is 0 Å². The highest BCUT2D eigenvalue weighted by Crippen LogP contribution is 2.43. The highest BCUT2D eigenvalue weighted by Gasteiger charge is 2.43. The van der Waals surface area contributed by atoms with Gasteiger partial charge in [-0.2, -0.15) is 0 Å². The topological polar surface area (TPSA) is 41.3 Å². The molecule has 4 aromatic rings. The molecule has 1 aliphatic rings. The summed E-state index contributed by atoms with van der Waals surface area (Å²) in [4.78, 5) is 7.38. The second-order valence-corrected chi connectivity index (χ2v) is 8.98. The van der Waals surface area contributed by atoms with E-state index >= 15 is 0 Å². The van der Waals surface area contributed by atoms with Gasteiger partial charge in [0.05, 0.1) is 17.4 Å². The van der Waals surface area contributed by atoms with E-state index in [4.69, 9.17) is 16.6 Å². The zero-order valence-electron chi connectivity index (χ0n) is 17.2. The number of para-hydroxylation sites is 1. The Labute approximate surface area is 195 Å². The lowest BCUT2D eigenvalue weighted by atomic mass is 10.0. The molecule has 1 aliphatic heterocycles. The van der Waals surface area contributed by atoms with Crippen molar-refractivity contribution in [2.24, 2.45) is 0 Å². The Morgan fingerprint density at radius 2 is 1.78 bits per heavy atom. The summed E-state index contributed by atoms with van der Waals surface area (Å²) in [5.41, 5.74) is 2.42. The molecule has 0 aliphatic carbocycles. The first-order valence-corrected chi connectivity index (χ1v) is 11.4. The van der Waals surface area contributed by atoms with Gasteiger partial charge in [-0.25, -0.2) is 4.39 Å². The van der Waals surface area contributed by atoms with Gasteiger partial charge in [-0.1, -0.05) is 47.7 Å². The number of nitrogens with one attached hydrogen (secondary N) is 1. The molecule has 0 saturated carbocycles. The van der Waals surface area contributed by atoms with Gasteiger partial charge in [0.2, 0.25) is 0 Å². The number of furan rings is 1. The molecule has 0 radical (unpaired) electrons. The van der Waals surface area contributed by atoms with Crippen LogP contribution in [0.25, 0.3) is 0 Å². The number of pyridine rings is 1. The molecular weight excluding hydrogens is 441 g/mol. The SMILES string of the molecule is Cc1ccc(Sc2ccc([C@H]3[C@@H](c4ccccn4)NC(=S)N3c3ccccc3F)o2)cc1. The van der Waals surface area contributed by atoms with E-state index in [1.165, 1.54) is 11.6 Å². The summed E-state index contributed by atoms with van der Waals surface area (Å²) in [6.45, 7) is 2.06. The highest BCUT2D eigenvalue weighted by atomic mass is 32.2. The van der Waals surface area contributed by atoms with Crippen LogP contribution >= 0.6 is 24.0 Å². The fourth-order valence-electron chi connectivity index (χ4n) is 3.82. The van der Waals surface area contributed by atoms with Gasteiger partial charge in [-0.05, 0) is 67.7 Å². The molecule has 7 heteroatoms. The lowest BCUT2D eigenvalue weighted by molar-refractivity contribution is 0.382. The number of aryl methyl sites for hydroxylation is 1. The molecule has 0 spiro atoms. The number of benzene rings is 2. The zero-order chi connectivity index (χ0) is 22.1. The van der Waals surface area contributed by atoms with Gasteiger partial charge in [-0.3, -0.25) is 4.98 Å². The third kappa shape index (κ3) is 4.01. The monoisotopic (exact) mass is 461 g/mol. The van der Waals surface area contributed by atoms with Crippen LogP contribution in [-0.2, 0) is 0 Å². The first-order chi connectivity index (χ1) is 15.6. The Hall–Kier alpha value is -3.16. The van der Waals surface area contributed by atoms with Crippen LogP contribution in [0.1, 0.15) is 29.1 Å². The fourth-order valence-corrected chi connectivity index (χ4v) is 4.94. The molecule has 0 amide bonds. The molecule has 3 heterocycles. The van der Waals surface area contributed by atoms with Gasteiger partial charge in [0, 0.05) is 11.1 Å². The quantitative estimate of drug-likeness (QED) is 0.345. The summed E-state index contributed by atoms with van der Waals surface area (Å²) in [7, 11) is 0. The predicted octanol–water partition coefficient (Wildman–Crippen LogP) is 6.45. The Morgan fingerprint density at radius 1 is 1.00 bits per heavy atom. The van der Waals surface area contributed by atoms with Crippen molar-refractivity contribution in [1.82, 2.24) is 10.3 Å². The molecule has 160 valence electrons. The minimum Gasteiger partial charge on any atom is -0.452 e. The Morgan fingerprint density at radius 3 is 2.53 bits per heavy atom. The molecule has 1 N–H and O–H groups in total. The summed E-state index contributed by atoms with van der Waals surface area (Å²) in [5, 5.41) is 4.51. The maximum atomic E-state index is 14.8. The van der Waals surface area contributed by atoms with Gasteiger partial charge in [0.25, 0.3) is 0 Å². The number of halogens is 1. The lowest BCUT2D eigenvalue weighted by Crippen LogP contribution is -2.30. The molecule has 1 saturated heterocycles. The summed E-state index contributed by atoms with van der Waals surface area (Å²) < 4.78 is 21.0. The van der Waals surface area contributed by atoms with E-state index in [1.807, 2.05) is 30.3 Å². The van der Waals surface area contributed by atoms with E-state index in [1.54, 1.807) is 41.1 Å². The average molecular weight is 462 g/mol. The van der Waals surface area contributed by atoms with Crippen LogP contribution in [0, 0.1) is 12.7 Å². The lowest BCUT2D eigenvalue weighted by Gasteiger charge is -2.26. The van der Waals surface area contributed by atoms with Crippen molar-refractivity contribution in [3.8, 4) is 0 Å². The third-order valence-electron chi connectivity index (χ3n) is 5.34. The number of aromatic nitrogens is 1. The van der Waals surface area contributed by atoms with Crippen molar-refractivity contribution >= 4 is 34.8 Å². The predicted molar refractivity (Wildman–Crippen MR) is 128 cm³/mol. The molecule has 2 aromatic carbocycles.